The second kappa shape index (κ2) is 8.44. The smallest absolute Gasteiger partial charge is 0.233 e. The van der Waals surface area contributed by atoms with E-state index in [9.17, 15) is 9.18 Å². The molecule has 0 atom stereocenters. The first-order chi connectivity index (χ1) is 11.6. The number of carbonyl (C=O) groups is 1. The van der Waals surface area contributed by atoms with Gasteiger partial charge in [-0.05, 0) is 24.3 Å². The van der Waals surface area contributed by atoms with Crippen molar-refractivity contribution in [3.63, 3.8) is 0 Å². The lowest BCUT2D eigenvalue weighted by atomic mass is 10.2. The molecule has 0 saturated heterocycles. The number of rotatable bonds is 8. The average Bonchev–Trinajstić information content (AvgIpc) is 2.94. The molecule has 0 aliphatic heterocycles. The molecule has 1 heterocycles. The zero-order chi connectivity index (χ0) is 17.5. The van der Waals surface area contributed by atoms with Crippen LogP contribution in [0.4, 0.5) is 4.39 Å². The highest BCUT2D eigenvalue weighted by Gasteiger charge is 2.15. The molecular weight excluding hydrogens is 327 g/mol. The SMILES string of the molecule is C=CCN(CC=C)C(=O)CSc1nnc(-c2ccc(F)cc2)n1C. The monoisotopic (exact) mass is 346 g/mol. The predicted molar refractivity (Wildman–Crippen MR) is 94.1 cm³/mol. The third kappa shape index (κ3) is 4.32. The summed E-state index contributed by atoms with van der Waals surface area (Å²) in [6.07, 6.45) is 3.36. The second-order valence-corrected chi connectivity index (χ2v) is 5.98. The highest BCUT2D eigenvalue weighted by Crippen LogP contribution is 2.23. The summed E-state index contributed by atoms with van der Waals surface area (Å²) >= 11 is 1.31. The van der Waals surface area contributed by atoms with E-state index in [-0.39, 0.29) is 17.5 Å². The van der Waals surface area contributed by atoms with Crippen LogP contribution in [0.3, 0.4) is 0 Å². The van der Waals surface area contributed by atoms with Crippen molar-refractivity contribution in [2.24, 2.45) is 7.05 Å². The quantitative estimate of drug-likeness (QED) is 0.545. The number of halogens is 1. The Balaban J connectivity index is 2.06. The van der Waals surface area contributed by atoms with Crippen LogP contribution < -0.4 is 0 Å². The minimum absolute atomic E-state index is 0.0221. The largest absolute Gasteiger partial charge is 0.335 e. The van der Waals surface area contributed by atoms with Crippen LogP contribution in [0.15, 0.2) is 54.7 Å². The molecule has 0 bridgehead atoms. The summed E-state index contributed by atoms with van der Waals surface area (Å²) in [5, 5.41) is 8.86. The highest BCUT2D eigenvalue weighted by atomic mass is 32.2. The maximum absolute atomic E-state index is 13.0. The van der Waals surface area contributed by atoms with Crippen LogP contribution in [0.5, 0.6) is 0 Å². The minimum atomic E-state index is -0.300. The number of hydrogen-bond donors (Lipinski definition) is 0. The Labute approximate surface area is 144 Å². The van der Waals surface area contributed by atoms with Crippen LogP contribution in [-0.4, -0.2) is 44.4 Å². The van der Waals surface area contributed by atoms with Gasteiger partial charge in [0.25, 0.3) is 0 Å². The average molecular weight is 346 g/mol. The van der Waals surface area contributed by atoms with Gasteiger partial charge >= 0.3 is 0 Å². The molecule has 0 radical (unpaired) electrons. The molecule has 2 aromatic rings. The highest BCUT2D eigenvalue weighted by molar-refractivity contribution is 7.99. The first-order valence-electron chi connectivity index (χ1n) is 7.34. The summed E-state index contributed by atoms with van der Waals surface area (Å²) in [5.41, 5.74) is 0.768. The Hall–Kier alpha value is -2.41. The van der Waals surface area contributed by atoms with Gasteiger partial charge in [0.05, 0.1) is 5.75 Å². The van der Waals surface area contributed by atoms with E-state index in [4.69, 9.17) is 0 Å². The Morgan fingerprint density at radius 1 is 1.25 bits per heavy atom. The molecule has 1 amide bonds. The van der Waals surface area contributed by atoms with Gasteiger partial charge in [0.2, 0.25) is 5.91 Å². The van der Waals surface area contributed by atoms with E-state index in [1.54, 1.807) is 33.8 Å². The van der Waals surface area contributed by atoms with Gasteiger partial charge in [-0.15, -0.1) is 23.4 Å². The Bertz CT molecular complexity index is 717. The fourth-order valence-electron chi connectivity index (χ4n) is 2.10. The summed E-state index contributed by atoms with van der Waals surface area (Å²) in [7, 11) is 1.82. The maximum atomic E-state index is 13.0. The lowest BCUT2D eigenvalue weighted by Gasteiger charge is -2.18. The number of hydrogen-bond acceptors (Lipinski definition) is 4. The van der Waals surface area contributed by atoms with Crippen molar-refractivity contribution in [3.05, 3.63) is 55.4 Å². The molecule has 0 aliphatic rings. The molecule has 0 aliphatic carbocycles. The molecule has 7 heteroatoms. The standard InChI is InChI=1S/C17H19FN4OS/c1-4-10-22(11-5-2)15(23)12-24-17-20-19-16(21(17)3)13-6-8-14(18)9-7-13/h4-9H,1-2,10-12H2,3H3. The fraction of sp³-hybridized carbons (Fsp3) is 0.235. The molecule has 5 nitrogen and oxygen atoms in total. The van der Waals surface area contributed by atoms with Gasteiger partial charge < -0.3 is 9.47 Å². The van der Waals surface area contributed by atoms with Crippen LogP contribution in [-0.2, 0) is 11.8 Å². The van der Waals surface area contributed by atoms with Gasteiger partial charge in [0.1, 0.15) is 5.82 Å². The van der Waals surface area contributed by atoms with E-state index >= 15 is 0 Å². The number of aromatic nitrogens is 3. The molecule has 2 rings (SSSR count). The molecule has 0 saturated carbocycles. The van der Waals surface area contributed by atoms with Crippen molar-refractivity contribution in [1.29, 1.82) is 0 Å². The van der Waals surface area contributed by atoms with Crippen molar-refractivity contribution < 1.29 is 9.18 Å². The van der Waals surface area contributed by atoms with Gasteiger partial charge in [-0.3, -0.25) is 4.79 Å². The van der Waals surface area contributed by atoms with Crippen LogP contribution in [0.25, 0.3) is 11.4 Å². The van der Waals surface area contributed by atoms with Crippen LogP contribution in [0.1, 0.15) is 0 Å². The van der Waals surface area contributed by atoms with Crippen LogP contribution in [0.2, 0.25) is 0 Å². The number of thioether (sulfide) groups is 1. The first kappa shape index (κ1) is 17.9. The molecular formula is C17H19FN4OS. The van der Waals surface area contributed by atoms with Crippen molar-refractivity contribution >= 4 is 17.7 Å². The lowest BCUT2D eigenvalue weighted by Crippen LogP contribution is -2.32. The first-order valence-corrected chi connectivity index (χ1v) is 8.33. The van der Waals surface area contributed by atoms with Gasteiger partial charge in [0.15, 0.2) is 11.0 Å². The summed E-state index contributed by atoms with van der Waals surface area (Å²) in [6.45, 7) is 8.26. The Morgan fingerprint density at radius 2 is 1.88 bits per heavy atom. The van der Waals surface area contributed by atoms with E-state index in [0.717, 1.165) is 5.56 Å². The summed E-state index contributed by atoms with van der Waals surface area (Å²) in [4.78, 5) is 13.9. The Morgan fingerprint density at radius 3 is 2.46 bits per heavy atom. The molecule has 24 heavy (non-hydrogen) atoms. The zero-order valence-electron chi connectivity index (χ0n) is 13.5. The topological polar surface area (TPSA) is 51.0 Å². The molecule has 0 unspecified atom stereocenters. The number of carbonyl (C=O) groups excluding carboxylic acids is 1. The number of amides is 1. The van der Waals surface area contributed by atoms with Crippen molar-refractivity contribution in [2.45, 2.75) is 5.16 Å². The second-order valence-electron chi connectivity index (χ2n) is 5.04. The summed E-state index contributed by atoms with van der Waals surface area (Å²) < 4.78 is 14.8. The van der Waals surface area contributed by atoms with Crippen molar-refractivity contribution in [3.8, 4) is 11.4 Å². The van der Waals surface area contributed by atoms with Crippen LogP contribution >= 0.6 is 11.8 Å². The van der Waals surface area contributed by atoms with Crippen molar-refractivity contribution in [1.82, 2.24) is 19.7 Å². The summed E-state index contributed by atoms with van der Waals surface area (Å²) in [6, 6.07) is 6.05. The van der Waals surface area contributed by atoms with Crippen molar-refractivity contribution in [2.75, 3.05) is 18.8 Å². The Kier molecular flexibility index (Phi) is 6.31. The normalized spacial score (nSPS) is 10.4. The molecule has 0 fully saturated rings. The lowest BCUT2D eigenvalue weighted by molar-refractivity contribution is -0.127. The number of nitrogens with zero attached hydrogens (tertiary/aromatic N) is 4. The van der Waals surface area contributed by atoms with Crippen LogP contribution in [0, 0.1) is 5.82 Å². The minimum Gasteiger partial charge on any atom is -0.335 e. The third-order valence-corrected chi connectivity index (χ3v) is 4.32. The van der Waals surface area contributed by atoms with Gasteiger partial charge in [-0.1, -0.05) is 23.9 Å². The molecule has 0 spiro atoms. The summed E-state index contributed by atoms with van der Waals surface area (Å²) in [5.74, 6) is 0.549. The number of benzene rings is 1. The van der Waals surface area contributed by atoms with E-state index < -0.39 is 0 Å². The van der Waals surface area contributed by atoms with Gasteiger partial charge in [-0.2, -0.15) is 0 Å². The third-order valence-electron chi connectivity index (χ3n) is 3.31. The fourth-order valence-corrected chi connectivity index (χ4v) is 2.91. The van der Waals surface area contributed by atoms with E-state index in [1.807, 2.05) is 7.05 Å². The van der Waals surface area contributed by atoms with E-state index in [0.29, 0.717) is 24.1 Å². The maximum Gasteiger partial charge on any atom is 0.233 e. The van der Waals surface area contributed by atoms with E-state index in [2.05, 4.69) is 23.4 Å². The molecule has 1 aromatic heterocycles. The van der Waals surface area contributed by atoms with Gasteiger partial charge in [-0.25, -0.2) is 4.39 Å². The molecule has 0 N–H and O–H groups in total. The van der Waals surface area contributed by atoms with Gasteiger partial charge in [0, 0.05) is 25.7 Å². The van der Waals surface area contributed by atoms with E-state index in [1.165, 1.54) is 23.9 Å². The predicted octanol–water partition coefficient (Wildman–Crippen LogP) is 2.91. The zero-order valence-corrected chi connectivity index (χ0v) is 14.3. The molecule has 1 aromatic carbocycles. The molecule has 126 valence electrons.